The van der Waals surface area contributed by atoms with E-state index in [9.17, 15) is 8.78 Å². The van der Waals surface area contributed by atoms with Gasteiger partial charge in [0.25, 0.3) is 0 Å². The van der Waals surface area contributed by atoms with Crippen LogP contribution in [0.2, 0.25) is 0 Å². The average molecular weight is 342 g/mol. The van der Waals surface area contributed by atoms with Crippen molar-refractivity contribution in [2.24, 2.45) is 0 Å². The molecule has 1 heterocycles. The fourth-order valence-corrected chi connectivity index (χ4v) is 2.35. The normalized spacial score (nSPS) is 12.4. The van der Waals surface area contributed by atoms with Crippen molar-refractivity contribution in [3.63, 3.8) is 0 Å². The molecule has 0 fully saturated rings. The van der Waals surface area contributed by atoms with E-state index >= 15 is 0 Å². The fourth-order valence-electron chi connectivity index (χ4n) is 2.00. The van der Waals surface area contributed by atoms with Gasteiger partial charge in [-0.1, -0.05) is 6.92 Å². The first-order valence-corrected chi connectivity index (χ1v) is 7.00. The van der Waals surface area contributed by atoms with Crippen LogP contribution in [0.25, 0.3) is 0 Å². The molecular weight excluding hydrogens is 328 g/mol. The van der Waals surface area contributed by atoms with Crippen molar-refractivity contribution in [3.05, 3.63) is 57.6 Å². The van der Waals surface area contributed by atoms with Gasteiger partial charge in [0.2, 0.25) is 0 Å². The molecular formula is C14H14BrF2N3. The lowest BCUT2D eigenvalue weighted by molar-refractivity contribution is 0.501. The van der Waals surface area contributed by atoms with Gasteiger partial charge >= 0.3 is 0 Å². The number of benzene rings is 1. The van der Waals surface area contributed by atoms with Gasteiger partial charge in [-0.2, -0.15) is 0 Å². The third-order valence-corrected chi connectivity index (χ3v) is 3.48. The highest BCUT2D eigenvalue weighted by Crippen LogP contribution is 2.29. The Hall–Kier alpha value is -1.40. The van der Waals surface area contributed by atoms with Crippen LogP contribution in [0, 0.1) is 18.6 Å². The second-order valence-corrected chi connectivity index (χ2v) is 5.13. The zero-order valence-corrected chi connectivity index (χ0v) is 12.7. The van der Waals surface area contributed by atoms with Crippen LogP contribution in [0.4, 0.5) is 8.78 Å². The number of aromatic nitrogens is 2. The third kappa shape index (κ3) is 3.02. The molecule has 0 aliphatic rings. The summed E-state index contributed by atoms with van der Waals surface area (Å²) in [5.41, 5.74) is 0.495. The minimum absolute atomic E-state index is 0.0423. The molecule has 0 saturated carbocycles. The van der Waals surface area contributed by atoms with E-state index in [0.717, 1.165) is 0 Å². The summed E-state index contributed by atoms with van der Waals surface area (Å²) in [7, 11) is 0. The molecule has 0 aliphatic carbocycles. The summed E-state index contributed by atoms with van der Waals surface area (Å²) < 4.78 is 28.5. The molecule has 0 aliphatic heterocycles. The summed E-state index contributed by atoms with van der Waals surface area (Å²) in [5.74, 6) is -0.665. The van der Waals surface area contributed by atoms with Crippen LogP contribution < -0.4 is 5.32 Å². The molecule has 3 nitrogen and oxygen atoms in total. The van der Waals surface area contributed by atoms with E-state index in [2.05, 4.69) is 31.2 Å². The molecule has 0 spiro atoms. The zero-order chi connectivity index (χ0) is 14.7. The van der Waals surface area contributed by atoms with Crippen LogP contribution in [0.15, 0.2) is 28.9 Å². The van der Waals surface area contributed by atoms with Crippen molar-refractivity contribution in [1.82, 2.24) is 15.3 Å². The number of rotatable bonds is 4. The minimum atomic E-state index is -0.654. The van der Waals surface area contributed by atoms with Gasteiger partial charge in [0.1, 0.15) is 17.5 Å². The van der Waals surface area contributed by atoms with E-state index in [1.54, 1.807) is 19.2 Å². The van der Waals surface area contributed by atoms with E-state index in [0.29, 0.717) is 18.1 Å². The molecule has 0 saturated heterocycles. The van der Waals surface area contributed by atoms with Crippen LogP contribution >= 0.6 is 15.9 Å². The molecule has 106 valence electrons. The molecule has 20 heavy (non-hydrogen) atoms. The highest BCUT2D eigenvalue weighted by atomic mass is 79.9. The predicted octanol–water partition coefficient (Wildman–Crippen LogP) is 3.52. The van der Waals surface area contributed by atoms with Gasteiger partial charge in [0.15, 0.2) is 0 Å². The Labute approximate surface area is 124 Å². The molecule has 2 aromatic rings. The SMILES string of the molecule is CCNC(c1ccnc(C)n1)c1c(F)ccc(Br)c1F. The summed E-state index contributed by atoms with van der Waals surface area (Å²) in [6, 6.07) is 3.59. The Morgan fingerprint density at radius 1 is 1.30 bits per heavy atom. The number of halogens is 3. The number of hydrogen-bond acceptors (Lipinski definition) is 3. The molecule has 1 unspecified atom stereocenters. The summed E-state index contributed by atoms with van der Waals surface area (Å²) in [4.78, 5) is 8.26. The Morgan fingerprint density at radius 3 is 2.70 bits per heavy atom. The minimum Gasteiger partial charge on any atom is -0.305 e. The summed E-state index contributed by atoms with van der Waals surface area (Å²) in [6.45, 7) is 4.16. The molecule has 0 radical (unpaired) electrons. The van der Waals surface area contributed by atoms with Gasteiger partial charge in [-0.3, -0.25) is 0 Å². The molecule has 0 bridgehead atoms. The Kier molecular flexibility index (Phi) is 4.77. The van der Waals surface area contributed by atoms with Crippen molar-refractivity contribution < 1.29 is 8.78 Å². The maximum atomic E-state index is 14.3. The van der Waals surface area contributed by atoms with Crippen molar-refractivity contribution in [3.8, 4) is 0 Å². The molecule has 1 aromatic carbocycles. The van der Waals surface area contributed by atoms with Crippen LogP contribution in [0.3, 0.4) is 0 Å². The van der Waals surface area contributed by atoms with Gasteiger partial charge in [-0.15, -0.1) is 0 Å². The topological polar surface area (TPSA) is 37.8 Å². The standard InChI is InChI=1S/C14H14BrF2N3/c1-3-18-14(11-6-7-19-8(2)20-11)12-10(16)5-4-9(15)13(12)17/h4-7,14,18H,3H2,1-2H3. The monoisotopic (exact) mass is 341 g/mol. The van der Waals surface area contributed by atoms with E-state index in [-0.39, 0.29) is 10.0 Å². The van der Waals surface area contributed by atoms with Gasteiger partial charge < -0.3 is 5.32 Å². The largest absolute Gasteiger partial charge is 0.305 e. The lowest BCUT2D eigenvalue weighted by Gasteiger charge is -2.19. The lowest BCUT2D eigenvalue weighted by Crippen LogP contribution is -2.25. The van der Waals surface area contributed by atoms with E-state index in [4.69, 9.17) is 0 Å². The zero-order valence-electron chi connectivity index (χ0n) is 11.1. The van der Waals surface area contributed by atoms with Gasteiger partial charge in [0.05, 0.1) is 16.2 Å². The maximum Gasteiger partial charge on any atom is 0.145 e. The molecule has 0 amide bonds. The van der Waals surface area contributed by atoms with Gasteiger partial charge in [-0.25, -0.2) is 18.7 Å². The molecule has 1 aromatic heterocycles. The van der Waals surface area contributed by atoms with Crippen LogP contribution in [-0.4, -0.2) is 16.5 Å². The van der Waals surface area contributed by atoms with E-state index in [1.807, 2.05) is 6.92 Å². The van der Waals surface area contributed by atoms with Crippen LogP contribution in [-0.2, 0) is 0 Å². The quantitative estimate of drug-likeness (QED) is 0.864. The molecule has 2 rings (SSSR count). The number of nitrogens with zero attached hydrogens (tertiary/aromatic N) is 2. The Bertz CT molecular complexity index is 619. The fraction of sp³-hybridized carbons (Fsp3) is 0.286. The van der Waals surface area contributed by atoms with Crippen molar-refractivity contribution >= 4 is 15.9 Å². The second-order valence-electron chi connectivity index (χ2n) is 4.28. The first-order valence-electron chi connectivity index (χ1n) is 6.21. The Balaban J connectivity index is 2.57. The van der Waals surface area contributed by atoms with E-state index in [1.165, 1.54) is 12.1 Å². The number of aryl methyl sites for hydroxylation is 1. The summed E-state index contributed by atoms with van der Waals surface area (Å²) in [5, 5.41) is 3.06. The second kappa shape index (κ2) is 6.37. The van der Waals surface area contributed by atoms with Gasteiger partial charge in [-0.05, 0) is 47.6 Å². The third-order valence-electron chi connectivity index (χ3n) is 2.87. The number of nitrogens with one attached hydrogen (secondary N) is 1. The summed E-state index contributed by atoms with van der Waals surface area (Å²) in [6.07, 6.45) is 1.58. The van der Waals surface area contributed by atoms with Crippen molar-refractivity contribution in [1.29, 1.82) is 0 Å². The maximum absolute atomic E-state index is 14.3. The molecule has 1 N–H and O–H groups in total. The molecule has 6 heteroatoms. The predicted molar refractivity (Wildman–Crippen MR) is 76.3 cm³/mol. The molecule has 1 atom stereocenters. The number of hydrogen-bond donors (Lipinski definition) is 1. The van der Waals surface area contributed by atoms with Crippen molar-refractivity contribution in [2.45, 2.75) is 19.9 Å². The smallest absolute Gasteiger partial charge is 0.145 e. The average Bonchev–Trinajstić information content (AvgIpc) is 2.42. The van der Waals surface area contributed by atoms with Crippen LogP contribution in [0.5, 0.6) is 0 Å². The lowest BCUT2D eigenvalue weighted by atomic mass is 10.0. The Morgan fingerprint density at radius 2 is 2.05 bits per heavy atom. The first kappa shape index (κ1) is 15.0. The highest BCUT2D eigenvalue weighted by Gasteiger charge is 2.24. The van der Waals surface area contributed by atoms with Crippen molar-refractivity contribution in [2.75, 3.05) is 6.54 Å². The first-order chi connectivity index (χ1) is 9.54. The van der Waals surface area contributed by atoms with Crippen LogP contribution in [0.1, 0.15) is 30.0 Å². The highest BCUT2D eigenvalue weighted by molar-refractivity contribution is 9.10. The van der Waals surface area contributed by atoms with E-state index < -0.39 is 17.7 Å². The summed E-state index contributed by atoms with van der Waals surface area (Å²) >= 11 is 3.08. The van der Waals surface area contributed by atoms with Gasteiger partial charge in [0, 0.05) is 11.8 Å².